The van der Waals surface area contributed by atoms with E-state index in [1.165, 1.54) is 6.42 Å². The normalized spacial score (nSPS) is 45.2. The van der Waals surface area contributed by atoms with Gasteiger partial charge in [-0.2, -0.15) is 0 Å². The van der Waals surface area contributed by atoms with Gasteiger partial charge in [0, 0.05) is 17.4 Å². The fourth-order valence-electron chi connectivity index (χ4n) is 7.57. The Balaban J connectivity index is 1.33. The van der Waals surface area contributed by atoms with E-state index in [0.29, 0.717) is 17.8 Å². The van der Waals surface area contributed by atoms with Crippen LogP contribution >= 0.6 is 0 Å². The van der Waals surface area contributed by atoms with Crippen molar-refractivity contribution in [1.29, 1.82) is 0 Å². The molecule has 2 amide bonds. The third-order valence-electron chi connectivity index (χ3n) is 9.18. The van der Waals surface area contributed by atoms with Crippen LogP contribution in [-0.2, 0) is 9.59 Å². The van der Waals surface area contributed by atoms with Crippen LogP contribution in [0.1, 0.15) is 52.4 Å². The zero-order valence-electron chi connectivity index (χ0n) is 18.1. The minimum atomic E-state index is 0.0551. The van der Waals surface area contributed by atoms with Crippen LogP contribution in [0.5, 0.6) is 0 Å². The number of nitrogens with one attached hydrogen (secondary N) is 2. The molecule has 1 heterocycles. The van der Waals surface area contributed by atoms with E-state index in [1.807, 2.05) is 36.9 Å². The van der Waals surface area contributed by atoms with Crippen molar-refractivity contribution in [2.45, 2.75) is 58.4 Å². The molecular weight excluding hydrogens is 372 g/mol. The van der Waals surface area contributed by atoms with E-state index in [-0.39, 0.29) is 34.6 Å². The number of fused-ring (bicyclic) bond motifs is 5. The molecule has 5 aliphatic rings. The molecule has 160 valence electrons. The van der Waals surface area contributed by atoms with Gasteiger partial charge in [-0.3, -0.25) is 9.59 Å². The number of hydrogen-bond donors (Lipinski definition) is 2. The summed E-state index contributed by atoms with van der Waals surface area (Å²) in [6.45, 7) is 4.72. The number of carbonyl (C=O) groups is 2. The average molecular weight is 406 g/mol. The summed E-state index contributed by atoms with van der Waals surface area (Å²) in [4.78, 5) is 25.1. The minimum absolute atomic E-state index is 0.0551. The molecule has 3 fully saturated rings. The fourth-order valence-corrected chi connectivity index (χ4v) is 7.57. The SMILES string of the molecule is C[C@]12CCC3C(CC[C@H]4NC(=O)C=C[C@]34C)C1CC[C@@H]2C(=O)NC=C1C=CC=C[CH-]1. The van der Waals surface area contributed by atoms with E-state index in [2.05, 4.69) is 30.6 Å². The van der Waals surface area contributed by atoms with Crippen molar-refractivity contribution in [2.75, 3.05) is 0 Å². The Morgan fingerprint density at radius 1 is 1.13 bits per heavy atom. The topological polar surface area (TPSA) is 58.2 Å². The van der Waals surface area contributed by atoms with Crippen molar-refractivity contribution in [3.63, 3.8) is 0 Å². The summed E-state index contributed by atoms with van der Waals surface area (Å²) >= 11 is 0. The standard InChI is InChI=1S/C26H33N2O2/c1-25-14-12-20-18(8-11-22-26(20,2)15-13-23(29)28-22)19(25)9-10-21(25)24(30)27-16-17-6-4-3-5-7-17/h3-7,13,15-16,18-22H,8-12,14H2,1-2H3,(H,27,30)(H,28,29)/q-1/t18?,19?,20?,21-,22-,25+,26-/m1/s1. The van der Waals surface area contributed by atoms with Crippen LogP contribution < -0.4 is 10.6 Å². The summed E-state index contributed by atoms with van der Waals surface area (Å²) < 4.78 is 0. The van der Waals surface area contributed by atoms with Gasteiger partial charge in [0.15, 0.2) is 0 Å². The zero-order valence-corrected chi connectivity index (χ0v) is 18.1. The lowest BCUT2D eigenvalue weighted by Gasteiger charge is -2.58. The van der Waals surface area contributed by atoms with E-state index in [9.17, 15) is 9.59 Å². The predicted molar refractivity (Wildman–Crippen MR) is 118 cm³/mol. The maximum Gasteiger partial charge on any atom is 0.243 e. The molecule has 0 bridgehead atoms. The van der Waals surface area contributed by atoms with Crippen LogP contribution in [-0.4, -0.2) is 17.9 Å². The highest BCUT2D eigenvalue weighted by Crippen LogP contribution is 2.64. The van der Waals surface area contributed by atoms with E-state index in [1.54, 1.807) is 6.08 Å². The predicted octanol–water partition coefficient (Wildman–Crippen LogP) is 4.23. The lowest BCUT2D eigenvalue weighted by molar-refractivity contribution is -0.133. The third-order valence-corrected chi connectivity index (χ3v) is 9.18. The number of allylic oxidation sites excluding steroid dienone is 5. The van der Waals surface area contributed by atoms with Gasteiger partial charge in [0.1, 0.15) is 0 Å². The van der Waals surface area contributed by atoms with Gasteiger partial charge in [-0.25, -0.2) is 0 Å². The third kappa shape index (κ3) is 2.99. The van der Waals surface area contributed by atoms with E-state index in [4.69, 9.17) is 0 Å². The Morgan fingerprint density at radius 3 is 2.80 bits per heavy atom. The smallest absolute Gasteiger partial charge is 0.243 e. The van der Waals surface area contributed by atoms with Crippen molar-refractivity contribution in [2.24, 2.45) is 34.5 Å². The second-order valence-electron chi connectivity index (χ2n) is 10.5. The quantitative estimate of drug-likeness (QED) is 0.676. The van der Waals surface area contributed by atoms with E-state index >= 15 is 0 Å². The van der Waals surface area contributed by atoms with Gasteiger partial charge in [-0.1, -0.05) is 26.1 Å². The summed E-state index contributed by atoms with van der Waals surface area (Å²) in [5, 5.41) is 6.33. The first kappa shape index (κ1) is 19.7. The second-order valence-corrected chi connectivity index (χ2v) is 10.5. The van der Waals surface area contributed by atoms with Gasteiger partial charge in [-0.05, 0) is 67.8 Å². The summed E-state index contributed by atoms with van der Waals surface area (Å²) in [5.41, 5.74) is 1.17. The number of rotatable bonds is 2. The molecule has 0 radical (unpaired) electrons. The zero-order chi connectivity index (χ0) is 20.9. The van der Waals surface area contributed by atoms with Gasteiger partial charge in [0.25, 0.3) is 0 Å². The van der Waals surface area contributed by atoms with Gasteiger partial charge in [0.05, 0.1) is 0 Å². The Hall–Kier alpha value is -2.23. The Bertz CT molecular complexity index is 868. The molecule has 0 spiro atoms. The summed E-state index contributed by atoms with van der Waals surface area (Å²) in [6, 6.07) is 0.265. The Labute approximate surface area is 179 Å². The highest BCUT2D eigenvalue weighted by Gasteiger charge is 2.60. The van der Waals surface area contributed by atoms with Crippen LogP contribution in [0.25, 0.3) is 0 Å². The van der Waals surface area contributed by atoms with Gasteiger partial charge >= 0.3 is 0 Å². The van der Waals surface area contributed by atoms with Crippen molar-refractivity contribution in [3.8, 4) is 0 Å². The van der Waals surface area contributed by atoms with Gasteiger partial charge in [-0.15, -0.1) is 36.3 Å². The van der Waals surface area contributed by atoms with Crippen LogP contribution in [0.2, 0.25) is 0 Å². The fraction of sp³-hybridized carbons (Fsp3) is 0.577. The summed E-state index contributed by atoms with van der Waals surface area (Å²) in [6.07, 6.45) is 22.4. The molecule has 0 aromatic carbocycles. The molecule has 2 N–H and O–H groups in total. The maximum atomic E-state index is 13.2. The molecule has 0 aromatic heterocycles. The minimum Gasteiger partial charge on any atom is -0.372 e. The molecule has 5 rings (SSSR count). The van der Waals surface area contributed by atoms with Crippen molar-refractivity contribution in [3.05, 3.63) is 54.7 Å². The Kier molecular flexibility index (Phi) is 4.72. The van der Waals surface area contributed by atoms with Crippen LogP contribution in [0, 0.1) is 40.9 Å². The van der Waals surface area contributed by atoms with Crippen LogP contribution in [0.4, 0.5) is 0 Å². The first-order chi connectivity index (χ1) is 14.4. The largest absolute Gasteiger partial charge is 0.372 e. The number of carbonyl (C=O) groups excluding carboxylic acids is 2. The molecule has 0 aromatic rings. The molecule has 30 heavy (non-hydrogen) atoms. The molecule has 0 saturated heterocycles. The number of hydrogen-bond acceptors (Lipinski definition) is 2. The lowest BCUT2D eigenvalue weighted by Crippen LogP contribution is -2.59. The highest BCUT2D eigenvalue weighted by molar-refractivity contribution is 5.89. The first-order valence-corrected chi connectivity index (χ1v) is 11.6. The van der Waals surface area contributed by atoms with Crippen LogP contribution in [0.3, 0.4) is 0 Å². The van der Waals surface area contributed by atoms with E-state index < -0.39 is 0 Å². The van der Waals surface area contributed by atoms with Crippen molar-refractivity contribution in [1.82, 2.24) is 10.6 Å². The molecule has 4 heteroatoms. The second kappa shape index (κ2) is 7.18. The molecule has 3 saturated carbocycles. The maximum absolute atomic E-state index is 13.2. The Morgan fingerprint density at radius 2 is 2.00 bits per heavy atom. The first-order valence-electron chi connectivity index (χ1n) is 11.6. The summed E-state index contributed by atoms with van der Waals surface area (Å²) in [7, 11) is 0. The monoisotopic (exact) mass is 405 g/mol. The molecular formula is C26H33N2O2-. The molecule has 3 unspecified atom stereocenters. The lowest BCUT2D eigenvalue weighted by atomic mass is 9.48. The van der Waals surface area contributed by atoms with Gasteiger partial charge < -0.3 is 10.6 Å². The summed E-state index contributed by atoms with van der Waals surface area (Å²) in [5.74, 6) is 2.20. The average Bonchev–Trinajstić information content (AvgIpc) is 3.10. The molecule has 1 aliphatic heterocycles. The van der Waals surface area contributed by atoms with Crippen LogP contribution in [0.15, 0.2) is 48.2 Å². The van der Waals surface area contributed by atoms with Crippen molar-refractivity contribution >= 4 is 11.8 Å². The number of amides is 2. The molecule has 4 nitrogen and oxygen atoms in total. The molecule has 4 aliphatic carbocycles. The van der Waals surface area contributed by atoms with E-state index in [0.717, 1.165) is 37.7 Å². The highest BCUT2D eigenvalue weighted by atomic mass is 16.2. The van der Waals surface area contributed by atoms with Gasteiger partial charge in [0.2, 0.25) is 11.8 Å². The van der Waals surface area contributed by atoms with Crippen molar-refractivity contribution < 1.29 is 9.59 Å². The molecule has 7 atom stereocenters.